The fourth-order valence-electron chi connectivity index (χ4n) is 3.08. The van der Waals surface area contributed by atoms with Crippen LogP contribution in [0.2, 0.25) is 0 Å². The van der Waals surface area contributed by atoms with Gasteiger partial charge in [0.15, 0.2) is 22.9 Å². The molecule has 0 saturated heterocycles. The monoisotopic (exact) mass is 398 g/mol. The van der Waals surface area contributed by atoms with Gasteiger partial charge in [-0.25, -0.2) is 0 Å². The van der Waals surface area contributed by atoms with Gasteiger partial charge in [0.1, 0.15) is 5.75 Å². The third kappa shape index (κ3) is 3.62. The summed E-state index contributed by atoms with van der Waals surface area (Å²) in [6.45, 7) is 7.14. The summed E-state index contributed by atoms with van der Waals surface area (Å²) >= 11 is 1.45. The van der Waals surface area contributed by atoms with E-state index in [9.17, 15) is 4.79 Å². The molecule has 1 amide bonds. The number of rotatable bonds is 5. The van der Waals surface area contributed by atoms with Crippen LogP contribution >= 0.6 is 11.3 Å². The molecule has 0 radical (unpaired) electrons. The van der Waals surface area contributed by atoms with E-state index in [-0.39, 0.29) is 19.3 Å². The van der Waals surface area contributed by atoms with Crippen molar-refractivity contribution in [1.29, 1.82) is 0 Å². The van der Waals surface area contributed by atoms with Gasteiger partial charge in [-0.1, -0.05) is 37.3 Å². The average Bonchev–Trinajstić information content (AvgIpc) is 3.27. The van der Waals surface area contributed by atoms with E-state index in [1.165, 1.54) is 16.9 Å². The van der Waals surface area contributed by atoms with Gasteiger partial charge in [0.25, 0.3) is 5.91 Å². The Labute approximate surface area is 167 Å². The molecule has 2 heterocycles. The molecule has 4 rings (SSSR count). The zero-order valence-electron chi connectivity index (χ0n) is 16.1. The lowest BCUT2D eigenvalue weighted by atomic mass is 10.0. The molecule has 28 heavy (non-hydrogen) atoms. The number of fused-ring (bicyclic) bond motifs is 2. The van der Waals surface area contributed by atoms with Crippen LogP contribution in [-0.2, 0) is 11.3 Å². The topological polar surface area (TPSA) is 62.1 Å². The minimum Gasteiger partial charge on any atom is -0.484 e. The molecule has 1 aliphatic heterocycles. The molecule has 0 saturated carbocycles. The highest BCUT2D eigenvalue weighted by Gasteiger charge is 2.17. The van der Waals surface area contributed by atoms with Crippen LogP contribution in [0.25, 0.3) is 10.2 Å². The smallest absolute Gasteiger partial charge is 0.286 e. The van der Waals surface area contributed by atoms with Crippen molar-refractivity contribution in [2.45, 2.75) is 33.2 Å². The molecule has 1 aromatic heterocycles. The Morgan fingerprint density at radius 2 is 1.93 bits per heavy atom. The molecule has 0 fully saturated rings. The van der Waals surface area contributed by atoms with Crippen molar-refractivity contribution in [3.63, 3.8) is 0 Å². The highest BCUT2D eigenvalue weighted by atomic mass is 32.1. The lowest BCUT2D eigenvalue weighted by Gasteiger charge is -2.07. The number of amides is 1. The van der Waals surface area contributed by atoms with Crippen LogP contribution in [0.1, 0.15) is 32.3 Å². The van der Waals surface area contributed by atoms with Gasteiger partial charge in [0.05, 0.1) is 10.2 Å². The van der Waals surface area contributed by atoms with E-state index < -0.39 is 0 Å². The fraction of sp³-hybridized carbons (Fsp3) is 0.333. The molecule has 1 aliphatic rings. The average molecular weight is 398 g/mol. The number of hydrogen-bond acceptors (Lipinski definition) is 5. The first-order valence-electron chi connectivity index (χ1n) is 9.28. The second-order valence-electron chi connectivity index (χ2n) is 6.82. The van der Waals surface area contributed by atoms with Crippen molar-refractivity contribution in [1.82, 2.24) is 4.57 Å². The number of aryl methyl sites for hydroxylation is 1. The van der Waals surface area contributed by atoms with E-state index in [2.05, 4.69) is 18.8 Å². The second kappa shape index (κ2) is 7.67. The highest BCUT2D eigenvalue weighted by Crippen LogP contribution is 2.36. The van der Waals surface area contributed by atoms with Crippen molar-refractivity contribution < 1.29 is 19.0 Å². The van der Waals surface area contributed by atoms with Gasteiger partial charge in [-0.3, -0.25) is 4.79 Å². The van der Waals surface area contributed by atoms with Gasteiger partial charge in [0, 0.05) is 18.7 Å². The number of carbonyl (C=O) groups excluding carboxylic acids is 1. The maximum absolute atomic E-state index is 12.4. The van der Waals surface area contributed by atoms with Crippen molar-refractivity contribution in [3.05, 3.63) is 46.8 Å². The van der Waals surface area contributed by atoms with E-state index in [1.54, 1.807) is 0 Å². The molecule has 0 atom stereocenters. The Kier molecular flexibility index (Phi) is 5.09. The van der Waals surface area contributed by atoms with Crippen LogP contribution in [0.15, 0.2) is 41.4 Å². The Morgan fingerprint density at radius 1 is 1.21 bits per heavy atom. The summed E-state index contributed by atoms with van der Waals surface area (Å²) in [6.07, 6.45) is 0. The number of ether oxygens (including phenoxy) is 3. The van der Waals surface area contributed by atoms with E-state index in [0.29, 0.717) is 23.0 Å². The normalized spacial score (nSPS) is 13.5. The molecular weight excluding hydrogens is 376 g/mol. The second-order valence-corrected chi connectivity index (χ2v) is 7.83. The summed E-state index contributed by atoms with van der Waals surface area (Å²) in [5.41, 5.74) is 2.21. The predicted octanol–water partition coefficient (Wildman–Crippen LogP) is 4.08. The zero-order chi connectivity index (χ0) is 19.7. The molecule has 0 aliphatic carbocycles. The Balaban J connectivity index is 1.54. The van der Waals surface area contributed by atoms with Crippen LogP contribution in [0, 0.1) is 0 Å². The Bertz CT molecular complexity index is 1080. The van der Waals surface area contributed by atoms with Crippen molar-refractivity contribution >= 4 is 27.5 Å². The zero-order valence-corrected chi connectivity index (χ0v) is 16.9. The number of benzene rings is 2. The predicted molar refractivity (Wildman–Crippen MR) is 108 cm³/mol. The van der Waals surface area contributed by atoms with Crippen LogP contribution in [0.4, 0.5) is 0 Å². The van der Waals surface area contributed by atoms with Crippen molar-refractivity contribution in [2.24, 2.45) is 4.99 Å². The van der Waals surface area contributed by atoms with E-state index in [4.69, 9.17) is 14.2 Å². The number of hydrogen-bond donors (Lipinski definition) is 0. The maximum atomic E-state index is 12.4. The van der Waals surface area contributed by atoms with Crippen LogP contribution in [-0.4, -0.2) is 23.9 Å². The summed E-state index contributed by atoms with van der Waals surface area (Å²) in [7, 11) is 0. The fourth-order valence-corrected chi connectivity index (χ4v) is 4.20. The molecule has 0 bridgehead atoms. The first kappa shape index (κ1) is 18.6. The Hall–Kier alpha value is -2.80. The molecule has 0 unspecified atom stereocenters. The summed E-state index contributed by atoms with van der Waals surface area (Å²) in [5, 5.41) is 0. The molecule has 7 heteroatoms. The number of nitrogens with zero attached hydrogens (tertiary/aromatic N) is 2. The lowest BCUT2D eigenvalue weighted by molar-refractivity contribution is -0.120. The number of aromatic nitrogens is 1. The van der Waals surface area contributed by atoms with Crippen LogP contribution < -0.4 is 19.0 Å². The molecular formula is C21H22N2O4S. The Morgan fingerprint density at radius 3 is 2.61 bits per heavy atom. The lowest BCUT2D eigenvalue weighted by Crippen LogP contribution is -2.18. The summed E-state index contributed by atoms with van der Waals surface area (Å²) in [6, 6.07) is 11.7. The summed E-state index contributed by atoms with van der Waals surface area (Å²) in [4.78, 5) is 17.3. The minimum absolute atomic E-state index is 0.0955. The first-order valence-corrected chi connectivity index (χ1v) is 10.1. The first-order chi connectivity index (χ1) is 13.5. The van der Waals surface area contributed by atoms with Gasteiger partial charge in [-0.05, 0) is 30.5 Å². The molecule has 0 N–H and O–H groups in total. The van der Waals surface area contributed by atoms with Crippen LogP contribution in [0.3, 0.4) is 0 Å². The quantitative estimate of drug-likeness (QED) is 0.650. The molecule has 2 aromatic carbocycles. The van der Waals surface area contributed by atoms with Gasteiger partial charge < -0.3 is 18.8 Å². The van der Waals surface area contributed by atoms with E-state index >= 15 is 0 Å². The largest absolute Gasteiger partial charge is 0.484 e. The minimum atomic E-state index is -0.318. The standard InChI is InChI=1S/C21H22N2O4S/c1-4-23-16-9-17-18(27-12-26-17)10-19(16)28-21(23)22-20(24)11-25-15-7-5-14(6-8-15)13(2)3/h5-10,13H,4,11-12H2,1-3H3. The van der Waals surface area contributed by atoms with Crippen molar-refractivity contribution in [2.75, 3.05) is 13.4 Å². The molecule has 0 spiro atoms. The SMILES string of the molecule is CCn1c(=NC(=O)COc2ccc(C(C)C)cc2)sc2cc3c(cc21)OCO3. The third-order valence-corrected chi connectivity index (χ3v) is 5.66. The molecule has 146 valence electrons. The maximum Gasteiger partial charge on any atom is 0.286 e. The van der Waals surface area contributed by atoms with Crippen LogP contribution in [0.5, 0.6) is 17.2 Å². The van der Waals surface area contributed by atoms with Gasteiger partial charge >= 0.3 is 0 Å². The summed E-state index contributed by atoms with van der Waals surface area (Å²) < 4.78 is 19.5. The molecule has 3 aromatic rings. The van der Waals surface area contributed by atoms with E-state index in [0.717, 1.165) is 21.7 Å². The summed E-state index contributed by atoms with van der Waals surface area (Å²) in [5.74, 6) is 2.25. The van der Waals surface area contributed by atoms with E-state index in [1.807, 2.05) is 47.9 Å². The third-order valence-electron chi connectivity index (χ3n) is 4.62. The number of thiazole rings is 1. The van der Waals surface area contributed by atoms with Gasteiger partial charge in [0.2, 0.25) is 6.79 Å². The highest BCUT2D eigenvalue weighted by molar-refractivity contribution is 7.16. The number of carbonyl (C=O) groups is 1. The van der Waals surface area contributed by atoms with Gasteiger partial charge in [-0.2, -0.15) is 4.99 Å². The molecule has 6 nitrogen and oxygen atoms in total. The van der Waals surface area contributed by atoms with Gasteiger partial charge in [-0.15, -0.1) is 0 Å². The van der Waals surface area contributed by atoms with Crippen molar-refractivity contribution in [3.8, 4) is 17.2 Å².